The van der Waals surface area contributed by atoms with Crippen LogP contribution in [0.2, 0.25) is 0 Å². The summed E-state index contributed by atoms with van der Waals surface area (Å²) in [5, 5.41) is 0. The molecule has 0 rings (SSSR count). The molecule has 1 nitrogen and oxygen atoms in total. The van der Waals surface area contributed by atoms with Crippen molar-refractivity contribution in [2.75, 3.05) is 0 Å². The fourth-order valence-corrected chi connectivity index (χ4v) is 1.29. The van der Waals surface area contributed by atoms with Crippen molar-refractivity contribution in [3.8, 4) is 0 Å². The lowest BCUT2D eigenvalue weighted by Crippen LogP contribution is -2.00. The molecule has 0 saturated heterocycles. The first-order chi connectivity index (χ1) is 5.85. The molecule has 1 heteroatoms. The fraction of sp³-hybridized carbons (Fsp3) is 0.727. The zero-order valence-corrected chi connectivity index (χ0v) is 8.59. The molecule has 0 heterocycles. The Kier molecular flexibility index (Phi) is 8.09. The van der Waals surface area contributed by atoms with E-state index in [4.69, 9.17) is 0 Å². The summed E-state index contributed by atoms with van der Waals surface area (Å²) in [7, 11) is 0. The molecule has 0 radical (unpaired) electrons. The lowest BCUT2D eigenvalue weighted by Gasteiger charge is -2.07. The molecule has 0 aromatic rings. The highest BCUT2D eigenvalue weighted by Gasteiger charge is 2.01. The quantitative estimate of drug-likeness (QED) is 0.533. The SMILES string of the molecule is C/C=C\N=CC(CCC)CCC. The zero-order chi connectivity index (χ0) is 9.23. The molecule has 0 aromatic carbocycles. The summed E-state index contributed by atoms with van der Waals surface area (Å²) < 4.78 is 0. The van der Waals surface area contributed by atoms with Crippen LogP contribution in [0.3, 0.4) is 0 Å². The molecule has 70 valence electrons. The van der Waals surface area contributed by atoms with E-state index in [-0.39, 0.29) is 0 Å². The van der Waals surface area contributed by atoms with Gasteiger partial charge in [0.05, 0.1) is 0 Å². The monoisotopic (exact) mass is 167 g/mol. The van der Waals surface area contributed by atoms with E-state index in [9.17, 15) is 0 Å². The van der Waals surface area contributed by atoms with Crippen molar-refractivity contribution in [1.82, 2.24) is 0 Å². The molecule has 0 saturated carbocycles. The Hall–Kier alpha value is -0.590. The van der Waals surface area contributed by atoms with Gasteiger partial charge in [-0.1, -0.05) is 32.8 Å². The van der Waals surface area contributed by atoms with Gasteiger partial charge in [-0.25, -0.2) is 0 Å². The number of nitrogens with zero attached hydrogens (tertiary/aromatic N) is 1. The molecule has 0 aliphatic rings. The minimum atomic E-state index is 0.691. The highest BCUT2D eigenvalue weighted by Crippen LogP contribution is 2.10. The smallest absolute Gasteiger partial charge is 0.0221 e. The summed E-state index contributed by atoms with van der Waals surface area (Å²) in [5.74, 6) is 0.691. The third-order valence-electron chi connectivity index (χ3n) is 1.85. The highest BCUT2D eigenvalue weighted by molar-refractivity contribution is 5.61. The van der Waals surface area contributed by atoms with Crippen molar-refractivity contribution in [3.05, 3.63) is 12.3 Å². The molecule has 12 heavy (non-hydrogen) atoms. The number of hydrogen-bond donors (Lipinski definition) is 0. The molecule has 0 amide bonds. The summed E-state index contributed by atoms with van der Waals surface area (Å²) in [6, 6.07) is 0. The van der Waals surface area contributed by atoms with E-state index >= 15 is 0 Å². The maximum atomic E-state index is 4.22. The summed E-state index contributed by atoms with van der Waals surface area (Å²) in [4.78, 5) is 4.22. The fourth-order valence-electron chi connectivity index (χ4n) is 1.29. The minimum absolute atomic E-state index is 0.691. The topological polar surface area (TPSA) is 12.4 Å². The predicted molar refractivity (Wildman–Crippen MR) is 56.6 cm³/mol. The summed E-state index contributed by atoms with van der Waals surface area (Å²) in [6.07, 6.45) is 11.0. The maximum absolute atomic E-state index is 4.22. The van der Waals surface area contributed by atoms with Crippen LogP contribution in [0.5, 0.6) is 0 Å². The van der Waals surface area contributed by atoms with Gasteiger partial charge in [0.15, 0.2) is 0 Å². The number of hydrogen-bond acceptors (Lipinski definition) is 1. The van der Waals surface area contributed by atoms with Gasteiger partial charge >= 0.3 is 0 Å². The molecule has 0 bridgehead atoms. The van der Waals surface area contributed by atoms with Crippen molar-refractivity contribution in [3.63, 3.8) is 0 Å². The third kappa shape index (κ3) is 6.14. The molecule has 0 aromatic heterocycles. The van der Waals surface area contributed by atoms with Crippen LogP contribution in [-0.4, -0.2) is 6.21 Å². The van der Waals surface area contributed by atoms with Gasteiger partial charge in [0.1, 0.15) is 0 Å². The predicted octanol–water partition coefficient (Wildman–Crippen LogP) is 3.81. The van der Waals surface area contributed by atoms with Crippen LogP contribution in [-0.2, 0) is 0 Å². The van der Waals surface area contributed by atoms with Gasteiger partial charge in [0, 0.05) is 12.4 Å². The van der Waals surface area contributed by atoms with E-state index in [1.165, 1.54) is 25.7 Å². The number of aliphatic imine (C=N–C) groups is 1. The van der Waals surface area contributed by atoms with Gasteiger partial charge in [0.25, 0.3) is 0 Å². The largest absolute Gasteiger partial charge is 0.269 e. The molecule has 0 aliphatic heterocycles. The third-order valence-corrected chi connectivity index (χ3v) is 1.85. The van der Waals surface area contributed by atoms with Crippen molar-refractivity contribution in [2.45, 2.75) is 46.5 Å². The molecular weight excluding hydrogens is 146 g/mol. The molecule has 0 aliphatic carbocycles. The lowest BCUT2D eigenvalue weighted by atomic mass is 10.00. The summed E-state index contributed by atoms with van der Waals surface area (Å²) >= 11 is 0. The zero-order valence-electron chi connectivity index (χ0n) is 8.59. The Morgan fingerprint density at radius 3 is 2.17 bits per heavy atom. The van der Waals surface area contributed by atoms with E-state index < -0.39 is 0 Å². The van der Waals surface area contributed by atoms with E-state index in [1.54, 1.807) is 0 Å². The van der Waals surface area contributed by atoms with Crippen molar-refractivity contribution < 1.29 is 0 Å². The Bertz CT molecular complexity index is 130. The summed E-state index contributed by atoms with van der Waals surface area (Å²) in [6.45, 7) is 6.45. The van der Waals surface area contributed by atoms with Gasteiger partial charge < -0.3 is 0 Å². The Labute approximate surface area is 76.6 Å². The average Bonchev–Trinajstić information content (AvgIpc) is 2.06. The normalized spacial score (nSPS) is 12.3. The van der Waals surface area contributed by atoms with Crippen LogP contribution in [0, 0.1) is 5.92 Å². The van der Waals surface area contributed by atoms with Gasteiger partial charge in [-0.15, -0.1) is 0 Å². The van der Waals surface area contributed by atoms with Crippen LogP contribution >= 0.6 is 0 Å². The second kappa shape index (κ2) is 8.51. The van der Waals surface area contributed by atoms with Crippen LogP contribution < -0.4 is 0 Å². The minimum Gasteiger partial charge on any atom is -0.269 e. The molecule has 0 spiro atoms. The molecule has 0 N–H and O–H groups in total. The number of rotatable bonds is 6. The van der Waals surface area contributed by atoms with Crippen LogP contribution in [0.25, 0.3) is 0 Å². The van der Waals surface area contributed by atoms with Crippen LogP contribution in [0.15, 0.2) is 17.3 Å². The van der Waals surface area contributed by atoms with E-state index in [1.807, 2.05) is 19.2 Å². The summed E-state index contributed by atoms with van der Waals surface area (Å²) in [5.41, 5.74) is 0. The first kappa shape index (κ1) is 11.4. The average molecular weight is 167 g/mol. The molecule has 0 unspecified atom stereocenters. The first-order valence-electron chi connectivity index (χ1n) is 4.99. The lowest BCUT2D eigenvalue weighted by molar-refractivity contribution is 0.567. The van der Waals surface area contributed by atoms with Crippen LogP contribution in [0.1, 0.15) is 46.5 Å². The van der Waals surface area contributed by atoms with E-state index in [0.717, 1.165) is 0 Å². The second-order valence-corrected chi connectivity index (χ2v) is 3.12. The standard InChI is InChI=1S/C11H21N/c1-4-7-11(8-5-2)10-12-9-6-3/h6,9-11H,4-5,7-8H2,1-3H3/b9-6-,12-10?. The Morgan fingerprint density at radius 2 is 1.75 bits per heavy atom. The van der Waals surface area contributed by atoms with E-state index in [2.05, 4.69) is 25.1 Å². The van der Waals surface area contributed by atoms with Gasteiger partial charge in [-0.05, 0) is 25.7 Å². The molecular formula is C11H21N. The van der Waals surface area contributed by atoms with Crippen molar-refractivity contribution in [1.29, 1.82) is 0 Å². The first-order valence-corrected chi connectivity index (χ1v) is 4.99. The molecule has 0 fully saturated rings. The number of allylic oxidation sites excluding steroid dienone is 1. The van der Waals surface area contributed by atoms with E-state index in [0.29, 0.717) is 5.92 Å². The van der Waals surface area contributed by atoms with Crippen LogP contribution in [0.4, 0.5) is 0 Å². The van der Waals surface area contributed by atoms with Crippen molar-refractivity contribution in [2.24, 2.45) is 10.9 Å². The van der Waals surface area contributed by atoms with Gasteiger partial charge in [-0.2, -0.15) is 0 Å². The highest BCUT2D eigenvalue weighted by atomic mass is 14.7. The second-order valence-electron chi connectivity index (χ2n) is 3.12. The molecule has 0 atom stereocenters. The van der Waals surface area contributed by atoms with Crippen molar-refractivity contribution >= 4 is 6.21 Å². The Morgan fingerprint density at radius 1 is 1.17 bits per heavy atom. The Balaban J connectivity index is 3.75. The van der Waals surface area contributed by atoms with Gasteiger partial charge in [0.2, 0.25) is 0 Å². The maximum Gasteiger partial charge on any atom is 0.0221 e. The van der Waals surface area contributed by atoms with Gasteiger partial charge in [-0.3, -0.25) is 4.99 Å².